The molecule has 0 saturated carbocycles. The number of likely N-dealkylation sites (tertiary alicyclic amines) is 2. The minimum Gasteiger partial charge on any atom is -0.460 e. The standard InChI is InChI=1S/C40H50F2N6O8/c1-19(53-5)35(43)39(51)47-13-11-33(55-21(3)49)31(47)17-27-25-9-7-23(41)15-29(25)45-37(27)38-28(26-10-8-24(42)16-30(26)46-38)18-32-34(56-22(4)50)12-14-48(32)40(52)36(44)20(2)54-6/h7-10,15-16,19-20,31-36,45-46H,11-14,17-18,43-44H2,1-6H3/t19-,20?,31-,32-,33+,34+,35+,36+/m1/s1. The number of rotatable bonds is 13. The molecule has 2 fully saturated rings. The fourth-order valence-electron chi connectivity index (χ4n) is 8.18. The second-order valence-corrected chi connectivity index (χ2v) is 14.7. The molecule has 2 aliphatic heterocycles. The molecule has 0 radical (unpaired) electrons. The fourth-order valence-corrected chi connectivity index (χ4v) is 8.18. The number of halogens is 2. The molecule has 4 aromatic rings. The average molecular weight is 781 g/mol. The number of nitrogens with zero attached hydrogens (tertiary/aromatic N) is 2. The molecule has 0 aliphatic carbocycles. The number of fused-ring (bicyclic) bond motifs is 2. The number of H-pyrrole nitrogens is 2. The summed E-state index contributed by atoms with van der Waals surface area (Å²) >= 11 is 0. The summed E-state index contributed by atoms with van der Waals surface area (Å²) in [6.45, 7) is 6.53. The highest BCUT2D eigenvalue weighted by Gasteiger charge is 2.44. The van der Waals surface area contributed by atoms with Crippen LogP contribution < -0.4 is 11.5 Å². The first-order chi connectivity index (χ1) is 26.6. The number of ether oxygens (including phenoxy) is 4. The van der Waals surface area contributed by atoms with Crippen molar-refractivity contribution >= 4 is 45.6 Å². The Labute approximate surface area is 323 Å². The lowest BCUT2D eigenvalue weighted by molar-refractivity contribution is -0.150. The number of carbonyl (C=O) groups is 4. The summed E-state index contributed by atoms with van der Waals surface area (Å²) in [5, 5.41) is 1.28. The van der Waals surface area contributed by atoms with Gasteiger partial charge in [-0.25, -0.2) is 8.78 Å². The Bertz CT molecular complexity index is 1970. The first-order valence-corrected chi connectivity index (χ1v) is 18.8. The molecule has 6 rings (SSSR count). The number of carbonyl (C=O) groups excluding carboxylic acids is 4. The van der Waals surface area contributed by atoms with E-state index >= 15 is 0 Å². The van der Waals surface area contributed by atoms with E-state index in [2.05, 4.69) is 9.97 Å². The van der Waals surface area contributed by atoms with Crippen LogP contribution in [0, 0.1) is 11.6 Å². The van der Waals surface area contributed by atoms with Crippen LogP contribution in [0.3, 0.4) is 0 Å². The van der Waals surface area contributed by atoms with Crippen molar-refractivity contribution in [1.29, 1.82) is 0 Å². The van der Waals surface area contributed by atoms with E-state index in [1.54, 1.807) is 35.8 Å². The van der Waals surface area contributed by atoms with Crippen molar-refractivity contribution < 1.29 is 46.9 Å². The SMILES string of the molecule is COC(C)[C@H](N)C(=O)N1CC[C@H](OC(C)=O)[C@H]1Cc1c(-c2[nH]c3cc(F)ccc3c2C[C@@H]2[C@@H](OC(C)=O)CCN2C(=O)[C@@H](N)[C@@H](C)OC)[nH]c2cc(F)ccc12. The smallest absolute Gasteiger partial charge is 0.302 e. The third-order valence-corrected chi connectivity index (χ3v) is 11.3. The van der Waals surface area contributed by atoms with Gasteiger partial charge in [0.25, 0.3) is 0 Å². The van der Waals surface area contributed by atoms with Crippen molar-refractivity contribution in [3.8, 4) is 11.4 Å². The summed E-state index contributed by atoms with van der Waals surface area (Å²) < 4.78 is 51.9. The zero-order valence-corrected chi connectivity index (χ0v) is 32.4. The van der Waals surface area contributed by atoms with Crippen LogP contribution in [0.15, 0.2) is 36.4 Å². The van der Waals surface area contributed by atoms with Crippen LogP contribution in [0.2, 0.25) is 0 Å². The Hall–Kier alpha value is -4.90. The van der Waals surface area contributed by atoms with Crippen LogP contribution in [-0.4, -0.2) is 119 Å². The predicted octanol–water partition coefficient (Wildman–Crippen LogP) is 3.47. The van der Waals surface area contributed by atoms with E-state index in [0.29, 0.717) is 57.2 Å². The molecule has 4 heterocycles. The van der Waals surface area contributed by atoms with Crippen LogP contribution in [0.5, 0.6) is 0 Å². The van der Waals surface area contributed by atoms with Gasteiger partial charge in [-0.2, -0.15) is 0 Å². The molecular formula is C40H50F2N6O8. The number of aromatic amines is 2. The molecule has 302 valence electrons. The molecule has 2 amide bonds. The van der Waals surface area contributed by atoms with Gasteiger partial charge in [0.1, 0.15) is 35.9 Å². The maximum atomic E-state index is 14.8. The van der Waals surface area contributed by atoms with Gasteiger partial charge >= 0.3 is 11.9 Å². The zero-order chi connectivity index (χ0) is 40.6. The van der Waals surface area contributed by atoms with Crippen molar-refractivity contribution in [2.24, 2.45) is 11.5 Å². The molecule has 14 nitrogen and oxygen atoms in total. The number of esters is 2. The monoisotopic (exact) mass is 780 g/mol. The van der Waals surface area contributed by atoms with Gasteiger partial charge in [-0.1, -0.05) is 0 Å². The van der Waals surface area contributed by atoms with Gasteiger partial charge in [-0.3, -0.25) is 19.2 Å². The number of aromatic nitrogens is 2. The molecule has 16 heteroatoms. The first kappa shape index (κ1) is 40.8. The van der Waals surface area contributed by atoms with Crippen molar-refractivity contribution in [3.05, 3.63) is 59.2 Å². The number of benzene rings is 2. The minimum absolute atomic E-state index is 0.149. The second kappa shape index (κ2) is 16.7. The van der Waals surface area contributed by atoms with Crippen LogP contribution in [0.25, 0.3) is 33.2 Å². The Balaban J connectivity index is 1.51. The normalized spacial score (nSPS) is 22.0. The lowest BCUT2D eigenvalue weighted by Gasteiger charge is -2.32. The van der Waals surface area contributed by atoms with Crippen LogP contribution in [-0.2, 0) is 51.0 Å². The summed E-state index contributed by atoms with van der Waals surface area (Å²) in [6.07, 6.45) is -1.54. The van der Waals surface area contributed by atoms with Crippen molar-refractivity contribution in [2.75, 3.05) is 27.3 Å². The van der Waals surface area contributed by atoms with E-state index in [-0.39, 0.29) is 37.7 Å². The quantitative estimate of drug-likeness (QED) is 0.146. The van der Waals surface area contributed by atoms with E-state index in [1.165, 1.54) is 52.3 Å². The van der Waals surface area contributed by atoms with E-state index in [4.69, 9.17) is 30.4 Å². The van der Waals surface area contributed by atoms with Gasteiger partial charge in [-0.05, 0) is 74.2 Å². The highest BCUT2D eigenvalue weighted by atomic mass is 19.1. The molecule has 2 aromatic carbocycles. The van der Waals surface area contributed by atoms with Gasteiger partial charge in [-0.15, -0.1) is 0 Å². The summed E-state index contributed by atoms with van der Waals surface area (Å²) in [6, 6.07) is 5.31. The largest absolute Gasteiger partial charge is 0.460 e. The van der Waals surface area contributed by atoms with Gasteiger partial charge in [0.05, 0.1) is 35.7 Å². The van der Waals surface area contributed by atoms with Crippen molar-refractivity contribution in [2.45, 2.75) is 102 Å². The number of amides is 2. The Kier molecular flexibility index (Phi) is 12.1. The van der Waals surface area contributed by atoms with Gasteiger partial charge in [0.2, 0.25) is 11.8 Å². The molecule has 2 aromatic heterocycles. The third-order valence-electron chi connectivity index (χ3n) is 11.3. The zero-order valence-electron chi connectivity index (χ0n) is 32.4. The van der Waals surface area contributed by atoms with E-state index in [1.807, 2.05) is 0 Å². The number of nitrogens with two attached hydrogens (primary N) is 2. The molecule has 1 unspecified atom stereocenters. The number of methoxy groups -OCH3 is 2. The predicted molar refractivity (Wildman–Crippen MR) is 203 cm³/mol. The van der Waals surface area contributed by atoms with Crippen molar-refractivity contribution in [1.82, 2.24) is 19.8 Å². The lowest BCUT2D eigenvalue weighted by atomic mass is 9.93. The summed E-state index contributed by atoms with van der Waals surface area (Å²) in [5.74, 6) is -2.76. The van der Waals surface area contributed by atoms with E-state index < -0.39 is 72.2 Å². The molecule has 0 spiro atoms. The highest BCUT2D eigenvalue weighted by Crippen LogP contribution is 2.40. The average Bonchev–Trinajstić information content (AvgIpc) is 3.93. The lowest BCUT2D eigenvalue weighted by Crippen LogP contribution is -2.53. The van der Waals surface area contributed by atoms with E-state index in [0.717, 1.165) is 0 Å². The molecule has 6 N–H and O–H groups in total. The summed E-state index contributed by atoms with van der Waals surface area (Å²) in [4.78, 5) is 62.4. The van der Waals surface area contributed by atoms with Crippen LogP contribution in [0.4, 0.5) is 8.78 Å². The molecule has 2 aliphatic rings. The second-order valence-electron chi connectivity index (χ2n) is 14.7. The molecule has 0 bridgehead atoms. The summed E-state index contributed by atoms with van der Waals surface area (Å²) in [7, 11) is 2.93. The fraction of sp³-hybridized carbons (Fsp3) is 0.500. The minimum atomic E-state index is -0.993. The maximum Gasteiger partial charge on any atom is 0.302 e. The molecule has 56 heavy (non-hydrogen) atoms. The number of hydrogen-bond acceptors (Lipinski definition) is 10. The van der Waals surface area contributed by atoms with Gasteiger partial charge in [0, 0.05) is 75.8 Å². The number of nitrogens with one attached hydrogen (secondary N) is 2. The van der Waals surface area contributed by atoms with Gasteiger partial charge in [0.15, 0.2) is 0 Å². The Morgan fingerprint density at radius 3 is 1.43 bits per heavy atom. The molecular weight excluding hydrogens is 730 g/mol. The first-order valence-electron chi connectivity index (χ1n) is 18.8. The molecule has 8 atom stereocenters. The Morgan fingerprint density at radius 2 is 1.09 bits per heavy atom. The van der Waals surface area contributed by atoms with Crippen LogP contribution >= 0.6 is 0 Å². The topological polar surface area (TPSA) is 195 Å². The number of hydrogen-bond donors (Lipinski definition) is 4. The van der Waals surface area contributed by atoms with Crippen LogP contribution in [0.1, 0.15) is 51.7 Å². The molecule has 2 saturated heterocycles. The van der Waals surface area contributed by atoms with Gasteiger partial charge < -0.3 is 50.2 Å². The third kappa shape index (κ3) is 8.01. The Morgan fingerprint density at radius 1 is 0.714 bits per heavy atom. The van der Waals surface area contributed by atoms with E-state index in [9.17, 15) is 28.0 Å². The maximum absolute atomic E-state index is 14.8. The highest BCUT2D eigenvalue weighted by molar-refractivity contribution is 5.96. The summed E-state index contributed by atoms with van der Waals surface area (Å²) in [5.41, 5.74) is 15.9. The van der Waals surface area contributed by atoms with Crippen molar-refractivity contribution in [3.63, 3.8) is 0 Å².